The lowest BCUT2D eigenvalue weighted by molar-refractivity contribution is -0.118. The maximum Gasteiger partial charge on any atom is 0.217 e. The van der Waals surface area contributed by atoms with E-state index < -0.39 is 0 Å². The zero-order valence-corrected chi connectivity index (χ0v) is 11.5. The van der Waals surface area contributed by atoms with Crippen LogP contribution in [0.15, 0.2) is 24.3 Å². The quantitative estimate of drug-likeness (QED) is 0.854. The molecule has 1 amide bonds. The molecule has 1 atom stereocenters. The molecule has 0 heterocycles. The fourth-order valence-electron chi connectivity index (χ4n) is 2.92. The lowest BCUT2D eigenvalue weighted by atomic mass is 9.83. The fraction of sp³-hybridized carbons (Fsp3) is 0.562. The average molecular weight is 260 g/mol. The molecule has 1 aliphatic rings. The van der Waals surface area contributed by atoms with E-state index in [-0.39, 0.29) is 11.9 Å². The zero-order valence-electron chi connectivity index (χ0n) is 11.5. The van der Waals surface area contributed by atoms with Gasteiger partial charge in [0.15, 0.2) is 0 Å². The summed E-state index contributed by atoms with van der Waals surface area (Å²) >= 11 is 0. The van der Waals surface area contributed by atoms with Gasteiger partial charge in [0.25, 0.3) is 0 Å². The number of carbonyl (C=O) groups is 1. The standard InChI is InChI=1S/C16H24N2O/c17-15(10-11-16(18)19)14-8-6-13(7-9-14)12-4-2-1-3-5-12/h6-9,12,15H,1-5,10-11,17H2,(H2,18,19). The first-order chi connectivity index (χ1) is 9.16. The first-order valence-corrected chi connectivity index (χ1v) is 7.30. The Kier molecular flexibility index (Phi) is 4.97. The van der Waals surface area contributed by atoms with Crippen molar-refractivity contribution in [2.24, 2.45) is 11.5 Å². The number of hydrogen-bond donors (Lipinski definition) is 2. The Labute approximate surface area is 115 Å². The lowest BCUT2D eigenvalue weighted by Gasteiger charge is -2.22. The van der Waals surface area contributed by atoms with Crippen LogP contribution >= 0.6 is 0 Å². The number of benzene rings is 1. The Morgan fingerprint density at radius 3 is 2.37 bits per heavy atom. The van der Waals surface area contributed by atoms with E-state index in [4.69, 9.17) is 11.5 Å². The molecule has 2 rings (SSSR count). The summed E-state index contributed by atoms with van der Waals surface area (Å²) in [5.74, 6) is 0.443. The predicted molar refractivity (Wildman–Crippen MR) is 77.6 cm³/mol. The van der Waals surface area contributed by atoms with Crippen molar-refractivity contribution >= 4 is 5.91 Å². The summed E-state index contributed by atoms with van der Waals surface area (Å²) in [6.45, 7) is 0. The van der Waals surface area contributed by atoms with Crippen molar-refractivity contribution in [3.8, 4) is 0 Å². The molecule has 3 nitrogen and oxygen atoms in total. The normalized spacial score (nSPS) is 18.2. The molecule has 0 spiro atoms. The maximum absolute atomic E-state index is 10.8. The second-order valence-corrected chi connectivity index (χ2v) is 5.61. The summed E-state index contributed by atoms with van der Waals surface area (Å²) < 4.78 is 0. The first kappa shape index (κ1) is 14.1. The molecule has 1 aromatic carbocycles. The number of hydrogen-bond acceptors (Lipinski definition) is 2. The van der Waals surface area contributed by atoms with E-state index in [1.807, 2.05) is 0 Å². The fourth-order valence-corrected chi connectivity index (χ4v) is 2.92. The highest BCUT2D eigenvalue weighted by atomic mass is 16.1. The molecule has 1 aliphatic carbocycles. The molecule has 0 saturated heterocycles. The van der Waals surface area contributed by atoms with Crippen LogP contribution < -0.4 is 11.5 Å². The van der Waals surface area contributed by atoms with Crippen LogP contribution in [-0.4, -0.2) is 5.91 Å². The second-order valence-electron chi connectivity index (χ2n) is 5.61. The molecular weight excluding hydrogens is 236 g/mol. The largest absolute Gasteiger partial charge is 0.370 e. The van der Waals surface area contributed by atoms with E-state index in [9.17, 15) is 4.79 Å². The third-order valence-electron chi connectivity index (χ3n) is 4.14. The minimum Gasteiger partial charge on any atom is -0.370 e. The highest BCUT2D eigenvalue weighted by Crippen LogP contribution is 2.33. The van der Waals surface area contributed by atoms with Gasteiger partial charge in [0.2, 0.25) is 5.91 Å². The number of carbonyl (C=O) groups excluding carboxylic acids is 1. The number of amides is 1. The van der Waals surface area contributed by atoms with Gasteiger partial charge in [0.05, 0.1) is 0 Å². The molecule has 19 heavy (non-hydrogen) atoms. The van der Waals surface area contributed by atoms with Crippen LogP contribution in [0.4, 0.5) is 0 Å². The monoisotopic (exact) mass is 260 g/mol. The van der Waals surface area contributed by atoms with Gasteiger partial charge in [-0.3, -0.25) is 4.79 Å². The zero-order chi connectivity index (χ0) is 13.7. The Bertz CT molecular complexity index is 407. The number of primary amides is 1. The summed E-state index contributed by atoms with van der Waals surface area (Å²) in [7, 11) is 0. The van der Waals surface area contributed by atoms with Gasteiger partial charge >= 0.3 is 0 Å². The summed E-state index contributed by atoms with van der Waals surface area (Å²) in [6, 6.07) is 8.53. The van der Waals surface area contributed by atoms with Crippen molar-refractivity contribution in [3.05, 3.63) is 35.4 Å². The molecular formula is C16H24N2O. The van der Waals surface area contributed by atoms with E-state index in [1.165, 1.54) is 37.7 Å². The van der Waals surface area contributed by atoms with Crippen molar-refractivity contribution in [1.29, 1.82) is 0 Å². The van der Waals surface area contributed by atoms with Gasteiger partial charge in [-0.05, 0) is 36.3 Å². The van der Waals surface area contributed by atoms with Crippen LogP contribution in [0.2, 0.25) is 0 Å². The van der Waals surface area contributed by atoms with E-state index in [0.717, 1.165) is 11.5 Å². The molecule has 1 fully saturated rings. The Morgan fingerprint density at radius 2 is 1.79 bits per heavy atom. The molecule has 0 radical (unpaired) electrons. The van der Waals surface area contributed by atoms with Gasteiger partial charge in [-0.15, -0.1) is 0 Å². The van der Waals surface area contributed by atoms with E-state index >= 15 is 0 Å². The van der Waals surface area contributed by atoms with Crippen LogP contribution in [-0.2, 0) is 4.79 Å². The van der Waals surface area contributed by atoms with Gasteiger partial charge in [-0.2, -0.15) is 0 Å². The minimum atomic E-state index is -0.283. The predicted octanol–water partition coefficient (Wildman–Crippen LogP) is 3.00. The van der Waals surface area contributed by atoms with Crippen molar-refractivity contribution in [2.45, 2.75) is 56.9 Å². The van der Waals surface area contributed by atoms with Gasteiger partial charge in [0.1, 0.15) is 0 Å². The van der Waals surface area contributed by atoms with E-state index in [0.29, 0.717) is 12.8 Å². The maximum atomic E-state index is 10.8. The van der Waals surface area contributed by atoms with Crippen molar-refractivity contribution in [3.63, 3.8) is 0 Å². The van der Waals surface area contributed by atoms with Crippen LogP contribution in [0.3, 0.4) is 0 Å². The third kappa shape index (κ3) is 4.06. The molecule has 1 saturated carbocycles. The molecule has 4 N–H and O–H groups in total. The van der Waals surface area contributed by atoms with Gasteiger partial charge in [0, 0.05) is 12.5 Å². The molecule has 3 heteroatoms. The van der Waals surface area contributed by atoms with E-state index in [2.05, 4.69) is 24.3 Å². The molecule has 0 bridgehead atoms. The third-order valence-corrected chi connectivity index (χ3v) is 4.14. The second kappa shape index (κ2) is 6.71. The van der Waals surface area contributed by atoms with Crippen LogP contribution in [0.25, 0.3) is 0 Å². The molecule has 1 unspecified atom stereocenters. The molecule has 1 aromatic rings. The van der Waals surface area contributed by atoms with Crippen molar-refractivity contribution in [2.75, 3.05) is 0 Å². The molecule has 104 valence electrons. The minimum absolute atomic E-state index is 0.0899. The van der Waals surface area contributed by atoms with Crippen molar-refractivity contribution in [1.82, 2.24) is 0 Å². The van der Waals surface area contributed by atoms with Gasteiger partial charge in [-0.25, -0.2) is 0 Å². The Morgan fingerprint density at radius 1 is 1.16 bits per heavy atom. The van der Waals surface area contributed by atoms with E-state index in [1.54, 1.807) is 0 Å². The Hall–Kier alpha value is -1.35. The average Bonchev–Trinajstić information content (AvgIpc) is 2.46. The highest BCUT2D eigenvalue weighted by Gasteiger charge is 2.15. The lowest BCUT2D eigenvalue weighted by Crippen LogP contribution is -2.16. The smallest absolute Gasteiger partial charge is 0.217 e. The topological polar surface area (TPSA) is 69.1 Å². The summed E-state index contributed by atoms with van der Waals surface area (Å²) in [5.41, 5.74) is 13.7. The number of rotatable bonds is 5. The summed E-state index contributed by atoms with van der Waals surface area (Å²) in [4.78, 5) is 10.8. The highest BCUT2D eigenvalue weighted by molar-refractivity contribution is 5.73. The first-order valence-electron chi connectivity index (χ1n) is 7.30. The van der Waals surface area contributed by atoms with Crippen molar-refractivity contribution < 1.29 is 4.79 Å². The van der Waals surface area contributed by atoms with Gasteiger partial charge in [-0.1, -0.05) is 43.5 Å². The van der Waals surface area contributed by atoms with Crippen LogP contribution in [0.5, 0.6) is 0 Å². The van der Waals surface area contributed by atoms with Crippen LogP contribution in [0.1, 0.15) is 68.0 Å². The number of nitrogens with two attached hydrogens (primary N) is 2. The summed E-state index contributed by atoms with van der Waals surface area (Å²) in [6.07, 6.45) is 7.69. The molecule has 0 aromatic heterocycles. The SMILES string of the molecule is NC(=O)CCC(N)c1ccc(C2CCCCC2)cc1. The molecule has 0 aliphatic heterocycles. The summed E-state index contributed by atoms with van der Waals surface area (Å²) in [5, 5.41) is 0. The van der Waals surface area contributed by atoms with Gasteiger partial charge < -0.3 is 11.5 Å². The van der Waals surface area contributed by atoms with Crippen LogP contribution in [0, 0.1) is 0 Å². The Balaban J connectivity index is 1.95.